The van der Waals surface area contributed by atoms with Gasteiger partial charge in [0.05, 0.1) is 17.6 Å². The van der Waals surface area contributed by atoms with Crippen LogP contribution < -0.4 is 5.73 Å². The Morgan fingerprint density at radius 2 is 1.57 bits per heavy atom. The summed E-state index contributed by atoms with van der Waals surface area (Å²) >= 11 is 0. The molecular formula is C16H19Cl2N3. The van der Waals surface area contributed by atoms with Crippen LogP contribution in [0.1, 0.15) is 11.4 Å². The van der Waals surface area contributed by atoms with E-state index in [1.54, 1.807) is 0 Å². The zero-order chi connectivity index (χ0) is 13.1. The van der Waals surface area contributed by atoms with Crippen LogP contribution in [0.4, 0.5) is 0 Å². The van der Waals surface area contributed by atoms with Crippen LogP contribution in [0.2, 0.25) is 0 Å². The fourth-order valence-corrected chi connectivity index (χ4v) is 2.42. The van der Waals surface area contributed by atoms with E-state index in [-0.39, 0.29) is 24.8 Å². The predicted octanol–water partition coefficient (Wildman–Crippen LogP) is 3.58. The predicted molar refractivity (Wildman–Crippen MR) is 92.3 cm³/mol. The van der Waals surface area contributed by atoms with Crippen LogP contribution in [0.25, 0.3) is 11.0 Å². The maximum atomic E-state index is 5.80. The van der Waals surface area contributed by atoms with Crippen LogP contribution in [0, 0.1) is 0 Å². The second-order valence-corrected chi connectivity index (χ2v) is 4.61. The van der Waals surface area contributed by atoms with Crippen molar-refractivity contribution in [3.05, 3.63) is 66.0 Å². The summed E-state index contributed by atoms with van der Waals surface area (Å²) < 4.78 is 2.22. The van der Waals surface area contributed by atoms with Crippen molar-refractivity contribution in [3.63, 3.8) is 0 Å². The standard InChI is InChI=1S/C16H17N3.2ClH/c17-12-16-18-14-8-4-5-9-15(14)19(16)11-10-13-6-2-1-3-7-13;;/h1-9H,10-12,17H2;2*1H. The van der Waals surface area contributed by atoms with Gasteiger partial charge in [-0.25, -0.2) is 4.98 Å². The lowest BCUT2D eigenvalue weighted by atomic mass is 10.1. The summed E-state index contributed by atoms with van der Waals surface area (Å²) in [5, 5.41) is 0. The number of halogens is 2. The van der Waals surface area contributed by atoms with Crippen molar-refractivity contribution < 1.29 is 0 Å². The second-order valence-electron chi connectivity index (χ2n) is 4.61. The van der Waals surface area contributed by atoms with E-state index < -0.39 is 0 Å². The van der Waals surface area contributed by atoms with Gasteiger partial charge in [0, 0.05) is 6.54 Å². The van der Waals surface area contributed by atoms with E-state index >= 15 is 0 Å². The first-order valence-electron chi connectivity index (χ1n) is 6.56. The molecule has 0 saturated carbocycles. The number of imidazole rings is 1. The molecule has 3 nitrogen and oxygen atoms in total. The normalized spacial score (nSPS) is 9.95. The van der Waals surface area contributed by atoms with E-state index in [0.29, 0.717) is 6.54 Å². The molecule has 1 heterocycles. The number of aromatic nitrogens is 2. The Hall–Kier alpha value is -1.55. The highest BCUT2D eigenvalue weighted by Crippen LogP contribution is 2.16. The quantitative estimate of drug-likeness (QED) is 0.797. The van der Waals surface area contributed by atoms with E-state index in [1.165, 1.54) is 11.1 Å². The summed E-state index contributed by atoms with van der Waals surface area (Å²) in [6, 6.07) is 18.7. The molecule has 0 aliphatic carbocycles. The van der Waals surface area contributed by atoms with Gasteiger partial charge in [-0.2, -0.15) is 0 Å². The van der Waals surface area contributed by atoms with Crippen molar-refractivity contribution in [2.45, 2.75) is 19.5 Å². The number of rotatable bonds is 4. The molecule has 0 aliphatic heterocycles. The van der Waals surface area contributed by atoms with Crippen molar-refractivity contribution >= 4 is 35.8 Å². The maximum Gasteiger partial charge on any atom is 0.123 e. The number of benzene rings is 2. The molecule has 3 rings (SSSR count). The summed E-state index contributed by atoms with van der Waals surface area (Å²) in [4.78, 5) is 4.58. The summed E-state index contributed by atoms with van der Waals surface area (Å²) in [5.74, 6) is 0.956. The number of nitrogens with two attached hydrogens (primary N) is 1. The number of aryl methyl sites for hydroxylation is 2. The highest BCUT2D eigenvalue weighted by molar-refractivity contribution is 5.85. The van der Waals surface area contributed by atoms with Gasteiger partial charge in [-0.15, -0.1) is 24.8 Å². The molecule has 3 aromatic rings. The zero-order valence-corrected chi connectivity index (χ0v) is 13.2. The van der Waals surface area contributed by atoms with Crippen LogP contribution in [0.3, 0.4) is 0 Å². The van der Waals surface area contributed by atoms with Crippen molar-refractivity contribution in [3.8, 4) is 0 Å². The molecule has 2 aromatic carbocycles. The van der Waals surface area contributed by atoms with Gasteiger partial charge in [0.1, 0.15) is 5.82 Å². The van der Waals surface area contributed by atoms with Crippen LogP contribution in [0.5, 0.6) is 0 Å². The molecule has 0 spiro atoms. The highest BCUT2D eigenvalue weighted by atomic mass is 35.5. The monoisotopic (exact) mass is 323 g/mol. The third-order valence-electron chi connectivity index (χ3n) is 3.38. The Kier molecular flexibility index (Phi) is 6.69. The van der Waals surface area contributed by atoms with Crippen LogP contribution in [0.15, 0.2) is 54.6 Å². The number of fused-ring (bicyclic) bond motifs is 1. The lowest BCUT2D eigenvalue weighted by Crippen LogP contribution is -2.10. The van der Waals surface area contributed by atoms with Crippen molar-refractivity contribution in [1.29, 1.82) is 0 Å². The molecule has 21 heavy (non-hydrogen) atoms. The van der Waals surface area contributed by atoms with Gasteiger partial charge in [0.25, 0.3) is 0 Å². The van der Waals surface area contributed by atoms with Gasteiger partial charge in [-0.3, -0.25) is 0 Å². The first-order chi connectivity index (χ1) is 9.38. The third kappa shape index (κ3) is 3.76. The smallest absolute Gasteiger partial charge is 0.123 e. The minimum absolute atomic E-state index is 0. The summed E-state index contributed by atoms with van der Waals surface area (Å²) in [6.07, 6.45) is 0.994. The highest BCUT2D eigenvalue weighted by Gasteiger charge is 2.08. The molecule has 0 radical (unpaired) electrons. The summed E-state index contributed by atoms with van der Waals surface area (Å²) in [5.41, 5.74) is 9.33. The SMILES string of the molecule is Cl.Cl.NCc1nc2ccccc2n1CCc1ccccc1. The fraction of sp³-hybridized carbons (Fsp3) is 0.188. The number of hydrogen-bond donors (Lipinski definition) is 1. The number of nitrogens with zero attached hydrogens (tertiary/aromatic N) is 2. The molecule has 2 N–H and O–H groups in total. The minimum Gasteiger partial charge on any atom is -0.327 e. The van der Waals surface area contributed by atoms with E-state index in [0.717, 1.165) is 24.3 Å². The lowest BCUT2D eigenvalue weighted by Gasteiger charge is -2.08. The largest absolute Gasteiger partial charge is 0.327 e. The van der Waals surface area contributed by atoms with Crippen molar-refractivity contribution in [2.24, 2.45) is 5.73 Å². The molecule has 0 amide bonds. The van der Waals surface area contributed by atoms with E-state index in [1.807, 2.05) is 24.3 Å². The molecule has 0 fully saturated rings. The first-order valence-corrected chi connectivity index (χ1v) is 6.56. The first kappa shape index (κ1) is 17.5. The molecule has 0 bridgehead atoms. The lowest BCUT2D eigenvalue weighted by molar-refractivity contribution is 0.669. The van der Waals surface area contributed by atoms with Gasteiger partial charge >= 0.3 is 0 Å². The maximum absolute atomic E-state index is 5.80. The van der Waals surface area contributed by atoms with Gasteiger partial charge in [0.2, 0.25) is 0 Å². The Labute approximate surface area is 137 Å². The third-order valence-corrected chi connectivity index (χ3v) is 3.38. The topological polar surface area (TPSA) is 43.8 Å². The molecule has 0 aliphatic rings. The molecule has 0 unspecified atom stereocenters. The van der Waals surface area contributed by atoms with Gasteiger partial charge in [0.15, 0.2) is 0 Å². The average Bonchev–Trinajstić information content (AvgIpc) is 2.84. The van der Waals surface area contributed by atoms with Gasteiger partial charge in [-0.05, 0) is 24.1 Å². The fourth-order valence-electron chi connectivity index (χ4n) is 2.42. The Morgan fingerprint density at radius 3 is 2.29 bits per heavy atom. The molecule has 0 atom stereocenters. The zero-order valence-electron chi connectivity index (χ0n) is 11.6. The number of para-hydroxylation sites is 2. The molecule has 0 saturated heterocycles. The molecule has 112 valence electrons. The van der Waals surface area contributed by atoms with Crippen molar-refractivity contribution in [1.82, 2.24) is 9.55 Å². The van der Waals surface area contributed by atoms with Gasteiger partial charge < -0.3 is 10.3 Å². The molecule has 1 aromatic heterocycles. The van der Waals surface area contributed by atoms with Crippen LogP contribution in [-0.2, 0) is 19.5 Å². The average molecular weight is 324 g/mol. The minimum atomic E-state index is 0. The van der Waals surface area contributed by atoms with Gasteiger partial charge in [-0.1, -0.05) is 42.5 Å². The Bertz CT molecular complexity index is 680. The number of hydrogen-bond acceptors (Lipinski definition) is 2. The van der Waals surface area contributed by atoms with E-state index in [2.05, 4.69) is 39.9 Å². The van der Waals surface area contributed by atoms with Crippen LogP contribution >= 0.6 is 24.8 Å². The summed E-state index contributed by atoms with van der Waals surface area (Å²) in [6.45, 7) is 1.39. The van der Waals surface area contributed by atoms with Crippen molar-refractivity contribution in [2.75, 3.05) is 0 Å². The summed E-state index contributed by atoms with van der Waals surface area (Å²) in [7, 11) is 0. The van der Waals surface area contributed by atoms with Crippen LogP contribution in [-0.4, -0.2) is 9.55 Å². The van der Waals surface area contributed by atoms with E-state index in [9.17, 15) is 0 Å². The second kappa shape index (κ2) is 8.03. The molecular weight excluding hydrogens is 305 g/mol. The molecule has 5 heteroatoms. The Morgan fingerprint density at radius 1 is 0.905 bits per heavy atom. The Balaban J connectivity index is 0.00000110. The van der Waals surface area contributed by atoms with E-state index in [4.69, 9.17) is 5.73 Å².